The van der Waals surface area contributed by atoms with E-state index >= 15 is 0 Å². The monoisotopic (exact) mass is 1740 g/mol. The molecule has 5 fully saturated rings. The molecule has 0 bridgehead atoms. The molecular formula is C114H123N13O4. The molecule has 5 N–H and O–H groups in total. The molecule has 0 amide bonds. The lowest BCUT2D eigenvalue weighted by Gasteiger charge is -2.33. The molecule has 20 rings (SSSR count). The quantitative estimate of drug-likeness (QED) is 0.0804. The number of hydrogen-bond donors (Lipinski definition) is 5. The molecule has 17 nitrogen and oxygen atoms in total. The molecule has 7 aromatic heterocycles. The summed E-state index contributed by atoms with van der Waals surface area (Å²) in [7, 11) is 2.07. The molecule has 0 radical (unpaired) electrons. The summed E-state index contributed by atoms with van der Waals surface area (Å²) < 4.78 is 11.7. The molecule has 0 saturated heterocycles. The number of aliphatic hydroxyl groups is 4. The van der Waals surface area contributed by atoms with E-state index in [1.165, 1.54) is 120 Å². The van der Waals surface area contributed by atoms with Crippen LogP contribution in [-0.2, 0) is 0 Å². The van der Waals surface area contributed by atoms with E-state index in [9.17, 15) is 20.4 Å². The fraction of sp³-hybridized carbons (Fsp3) is 0.360. The largest absolute Gasteiger partial charge is 0.393 e. The van der Waals surface area contributed by atoms with Gasteiger partial charge < -0.3 is 48.6 Å². The van der Waals surface area contributed by atoms with Crippen LogP contribution in [0, 0.1) is 137 Å². The van der Waals surface area contributed by atoms with Gasteiger partial charge in [0.15, 0.2) is 28.4 Å². The Morgan fingerprint density at radius 3 is 0.771 bits per heavy atom. The Kier molecular flexibility index (Phi) is 27.3. The van der Waals surface area contributed by atoms with Crippen LogP contribution in [0.1, 0.15) is 211 Å². The van der Waals surface area contributed by atoms with Crippen molar-refractivity contribution < 1.29 is 20.4 Å². The minimum atomic E-state index is -0.216. The molecule has 668 valence electrons. The number of aromatic nitrogens is 7. The fourth-order valence-corrected chi connectivity index (χ4v) is 20.7. The molecule has 7 heterocycles. The Hall–Kier alpha value is -13.0. The highest BCUT2D eigenvalue weighted by molar-refractivity contribution is 6.04. The molecule has 5 saturated carbocycles. The number of nitrogens with zero attached hydrogens (tertiary/aromatic N) is 12. The van der Waals surface area contributed by atoms with Crippen molar-refractivity contribution in [2.24, 2.45) is 0 Å². The Labute approximate surface area is 772 Å². The lowest BCUT2D eigenvalue weighted by Crippen LogP contribution is -2.30. The van der Waals surface area contributed by atoms with Crippen LogP contribution in [0.25, 0.3) is 134 Å². The Bertz CT molecular complexity index is 6810. The lowest BCUT2D eigenvalue weighted by atomic mass is 9.89. The number of benzene rings is 8. The van der Waals surface area contributed by atoms with Gasteiger partial charge in [0.2, 0.25) is 0 Å². The highest BCUT2D eigenvalue weighted by Crippen LogP contribution is 2.49. The Morgan fingerprint density at radius 1 is 0.275 bits per heavy atom. The molecule has 15 aromatic rings. The van der Waals surface area contributed by atoms with E-state index in [4.69, 9.17) is 32.9 Å². The predicted octanol–water partition coefficient (Wildman–Crippen LogP) is 28.6. The number of hydrogen-bond acceptors (Lipinski definition) is 7. The zero-order valence-electron chi connectivity index (χ0n) is 78.0. The summed E-state index contributed by atoms with van der Waals surface area (Å²) in [6, 6.07) is 42.7. The van der Waals surface area contributed by atoms with Gasteiger partial charge in [-0.3, -0.25) is 9.97 Å². The van der Waals surface area contributed by atoms with E-state index in [0.717, 1.165) is 169 Å². The number of rotatable bonds is 11. The van der Waals surface area contributed by atoms with Crippen molar-refractivity contribution in [3.05, 3.63) is 312 Å². The first-order valence-corrected chi connectivity index (χ1v) is 46.1. The fourth-order valence-electron chi connectivity index (χ4n) is 20.7. The first kappa shape index (κ1) is 92.7. The van der Waals surface area contributed by atoms with Crippen LogP contribution >= 0.6 is 0 Å². The van der Waals surface area contributed by atoms with Gasteiger partial charge in [-0.25, -0.2) is 24.2 Å². The van der Waals surface area contributed by atoms with Crippen molar-refractivity contribution in [1.82, 2.24) is 38.1 Å². The van der Waals surface area contributed by atoms with Gasteiger partial charge in [0.1, 0.15) is 0 Å². The molecule has 131 heavy (non-hydrogen) atoms. The molecule has 17 heteroatoms. The molecule has 4 atom stereocenters. The summed E-state index contributed by atoms with van der Waals surface area (Å²) >= 11 is 0. The number of pyridine rings is 2. The molecule has 5 aliphatic carbocycles. The van der Waals surface area contributed by atoms with Gasteiger partial charge in [0.05, 0.1) is 57.3 Å². The van der Waals surface area contributed by atoms with Gasteiger partial charge >= 0.3 is 0 Å². The van der Waals surface area contributed by atoms with E-state index < -0.39 is 0 Å². The second-order valence-electron chi connectivity index (χ2n) is 37.7. The third-order valence-electron chi connectivity index (χ3n) is 29.6. The van der Waals surface area contributed by atoms with Gasteiger partial charge in [-0.1, -0.05) is 62.0 Å². The molecule has 4 unspecified atom stereocenters. The normalized spacial score (nSPS) is 19.6. The van der Waals surface area contributed by atoms with Crippen LogP contribution in [0.4, 0.5) is 28.4 Å². The second-order valence-corrected chi connectivity index (χ2v) is 37.7. The van der Waals surface area contributed by atoms with Crippen molar-refractivity contribution in [2.75, 3.05) is 7.05 Å². The van der Waals surface area contributed by atoms with E-state index in [1.54, 1.807) is 0 Å². The molecular weight excluding hydrogens is 1620 g/mol. The van der Waals surface area contributed by atoms with Gasteiger partial charge in [-0.15, -0.1) is 0 Å². The molecule has 0 spiro atoms. The van der Waals surface area contributed by atoms with Crippen molar-refractivity contribution in [3.8, 4) is 55.6 Å². The van der Waals surface area contributed by atoms with Gasteiger partial charge in [0, 0.05) is 159 Å². The van der Waals surface area contributed by atoms with Crippen molar-refractivity contribution in [2.45, 2.75) is 262 Å². The Morgan fingerprint density at radius 2 is 0.519 bits per heavy atom. The zero-order chi connectivity index (χ0) is 92.1. The van der Waals surface area contributed by atoms with Crippen LogP contribution in [-0.4, -0.2) is 90.7 Å². The number of nitrogens with one attached hydrogen (secondary N) is 1. The number of aryl methyl sites for hydroxylation is 10. The average Bonchev–Trinajstić information content (AvgIpc) is 1.63. The van der Waals surface area contributed by atoms with Crippen LogP contribution in [0.5, 0.6) is 0 Å². The van der Waals surface area contributed by atoms with Crippen molar-refractivity contribution >= 4 is 83.0 Å². The summed E-state index contributed by atoms with van der Waals surface area (Å²) in [5.41, 5.74) is 38.9. The first-order chi connectivity index (χ1) is 62.5. The summed E-state index contributed by atoms with van der Waals surface area (Å²) in [6.07, 6.45) is 31.3. The van der Waals surface area contributed by atoms with E-state index in [2.05, 4.69) is 268 Å². The van der Waals surface area contributed by atoms with Crippen LogP contribution in [0.15, 0.2) is 171 Å². The maximum absolute atomic E-state index is 10.0. The first-order valence-electron chi connectivity index (χ1n) is 46.1. The molecule has 8 aromatic carbocycles. The summed E-state index contributed by atoms with van der Waals surface area (Å²) in [6.45, 7) is 68.9. The van der Waals surface area contributed by atoms with Crippen molar-refractivity contribution in [3.63, 3.8) is 0 Å². The second kappa shape index (κ2) is 38.6. The van der Waals surface area contributed by atoms with Crippen LogP contribution in [0.2, 0.25) is 0 Å². The molecule has 5 aliphatic rings. The minimum Gasteiger partial charge on any atom is -0.393 e. The zero-order valence-corrected chi connectivity index (χ0v) is 78.0. The van der Waals surface area contributed by atoms with Gasteiger partial charge in [-0.05, 0) is 389 Å². The highest BCUT2D eigenvalue weighted by Gasteiger charge is 2.35. The third kappa shape index (κ3) is 18.0. The van der Waals surface area contributed by atoms with Crippen LogP contribution in [0.3, 0.4) is 0 Å². The lowest BCUT2D eigenvalue weighted by molar-refractivity contribution is 0.0500. The Balaban J connectivity index is 0.000000125. The van der Waals surface area contributed by atoms with Crippen molar-refractivity contribution in [1.29, 1.82) is 0 Å². The summed E-state index contributed by atoms with van der Waals surface area (Å²) in [4.78, 5) is 27.3. The third-order valence-corrected chi connectivity index (χ3v) is 29.6. The van der Waals surface area contributed by atoms with Gasteiger partial charge in [0.25, 0.3) is 0 Å². The predicted molar refractivity (Wildman–Crippen MR) is 538 cm³/mol. The maximum Gasteiger partial charge on any atom is 0.190 e. The highest BCUT2D eigenvalue weighted by atomic mass is 16.3. The number of fused-ring (bicyclic) bond motifs is 5. The van der Waals surface area contributed by atoms with E-state index in [-0.39, 0.29) is 31.8 Å². The minimum absolute atomic E-state index is 0. The average molecular weight is 1740 g/mol. The van der Waals surface area contributed by atoms with Gasteiger partial charge in [-0.2, -0.15) is 0 Å². The van der Waals surface area contributed by atoms with E-state index in [1.807, 2.05) is 76.7 Å². The molecule has 0 aliphatic heterocycles. The number of aliphatic hydroxyl groups excluding tert-OH is 4. The summed E-state index contributed by atoms with van der Waals surface area (Å²) in [5.74, 6) is 0. The van der Waals surface area contributed by atoms with Crippen LogP contribution < -0.4 is 5.32 Å². The standard InChI is InChI=1S/C25H29N3.C23H24N2O.C22H23N3O.C22H22N2O.C21H21N3O.CH4/c1-16-7-6-8-21(18(16)3)23-15-28(20-11-9-19(26-4)10-12-20)25-13-17(2)24(27-5)14-22(23)25;1-14-6-5-7-19(16(14)3)21-13-25(17-8-9-18(26)11-17)23-10-15(2)22(24-4)12-20(21)23;1-13-7-22-18(9-21(13)23-4)20(19-11-24-10-14(2)15(19)3)12-25(22)16-5-6-17(26)8-16;1-13-6-5-7-18(15(13)3)20-12-24(16-9-17(25)10-16)22-8-14(2)21(23-4)11-19(20)22;1-12-5-21-17(8-20(12)22-4)19(11-24(21)15-6-16(25)7-15)18-10-23-9-13(2)14(18)3;/h6-8,13-15,19-20,26H,9-12H2,1-4H3;5-7,10,12-13,17-18,26H,8-9,11H2,1-3H3;7,9-12,16-17,26H,5-6,8H2,1-3H3;5-8,11-12,16-17,25H,9-10H2,1-3H3;5,8-11,15-16,25H,6-7H2,1-3H3;1H4. The topological polar surface area (TPSA) is 165 Å². The summed E-state index contributed by atoms with van der Waals surface area (Å²) in [5, 5.41) is 48.6. The maximum atomic E-state index is 10.0. The SMILES string of the molecule is C.[C-]#[N+]c1cc2c(-c3cccc(C)c3C)cn(C3CC(O)C3)c2cc1C.[C-]#[N+]c1cc2c(-c3cccc(C)c3C)cn(C3CCC(NC)CC3)c2cc1C.[C-]#[N+]c1cc2c(-c3cccc(C)c3C)cn(C3CCC(O)C3)c2cc1C.[C-]#[N+]c1cc2c(-c3cncc(C)c3C)cn(C3CC(O)C3)c2cc1C.[C-]#[N+]c1cc2c(-c3cncc(C)c3C)cn(C3CCC(O)C3)c2cc1C. The smallest absolute Gasteiger partial charge is 0.190 e. The van der Waals surface area contributed by atoms with E-state index in [0.29, 0.717) is 59.0 Å².